The molecule has 0 fully saturated rings. The predicted molar refractivity (Wildman–Crippen MR) is 147 cm³/mol. The Bertz CT molecular complexity index is 1500. The summed E-state index contributed by atoms with van der Waals surface area (Å²) in [5.41, 5.74) is 7.56. The van der Waals surface area contributed by atoms with Gasteiger partial charge in [-0.05, 0) is 51.1 Å². The average Bonchev–Trinajstić information content (AvgIpc) is 3.55. The van der Waals surface area contributed by atoms with Crippen molar-refractivity contribution in [3.8, 4) is 5.75 Å². The fourth-order valence-electron chi connectivity index (χ4n) is 5.73. The van der Waals surface area contributed by atoms with E-state index in [1.807, 2.05) is 19.2 Å². The van der Waals surface area contributed by atoms with Crippen LogP contribution in [0.25, 0.3) is 16.6 Å². The van der Waals surface area contributed by atoms with Crippen molar-refractivity contribution in [1.82, 2.24) is 29.4 Å². The van der Waals surface area contributed by atoms with Crippen molar-refractivity contribution in [3.05, 3.63) is 70.3 Å². The Morgan fingerprint density at radius 2 is 1.86 bits per heavy atom. The molecular weight excluding hydrogens is 486 g/mol. The van der Waals surface area contributed by atoms with E-state index in [2.05, 4.69) is 75.9 Å². The molecule has 1 unspecified atom stereocenters. The first-order valence-corrected chi connectivity index (χ1v) is 13.1. The molecule has 2 aromatic carbocycles. The lowest BCUT2D eigenvalue weighted by Crippen LogP contribution is -2.28. The van der Waals surface area contributed by atoms with Gasteiger partial charge >= 0.3 is 0 Å². The highest BCUT2D eigenvalue weighted by molar-refractivity contribution is 6.30. The maximum atomic E-state index is 6.31. The van der Waals surface area contributed by atoms with Gasteiger partial charge in [-0.15, -0.1) is 5.10 Å². The number of hydrogen-bond acceptors (Lipinski definition) is 6. The Labute approximate surface area is 222 Å². The molecule has 0 radical (unpaired) electrons. The summed E-state index contributed by atoms with van der Waals surface area (Å²) >= 11 is 6.31. The van der Waals surface area contributed by atoms with Crippen molar-refractivity contribution < 1.29 is 4.74 Å². The normalized spacial score (nSPS) is 18.1. The first-order chi connectivity index (χ1) is 17.9. The van der Waals surface area contributed by atoms with E-state index in [-0.39, 0.29) is 12.1 Å². The molecule has 2 aromatic heterocycles. The molecule has 192 valence electrons. The van der Waals surface area contributed by atoms with Crippen LogP contribution in [0.4, 0.5) is 5.69 Å². The Kier molecular flexibility index (Phi) is 5.96. The van der Waals surface area contributed by atoms with Gasteiger partial charge in [0.1, 0.15) is 5.82 Å². The Morgan fingerprint density at radius 1 is 1.08 bits per heavy atom. The van der Waals surface area contributed by atoms with E-state index in [4.69, 9.17) is 21.3 Å². The van der Waals surface area contributed by atoms with Crippen LogP contribution in [0.5, 0.6) is 5.75 Å². The number of aryl methyl sites for hydroxylation is 1. The van der Waals surface area contributed by atoms with Crippen molar-refractivity contribution in [1.29, 1.82) is 0 Å². The molecule has 8 nitrogen and oxygen atoms in total. The third-order valence-electron chi connectivity index (χ3n) is 7.46. The lowest BCUT2D eigenvalue weighted by molar-refractivity contribution is 0.370. The Morgan fingerprint density at radius 3 is 2.57 bits per heavy atom. The molecule has 37 heavy (non-hydrogen) atoms. The second-order valence-corrected chi connectivity index (χ2v) is 10.7. The van der Waals surface area contributed by atoms with E-state index in [0.29, 0.717) is 12.3 Å². The first kappa shape index (κ1) is 24.0. The van der Waals surface area contributed by atoms with Gasteiger partial charge < -0.3 is 19.1 Å². The minimum Gasteiger partial charge on any atom is -0.494 e. The van der Waals surface area contributed by atoms with Gasteiger partial charge in [0.05, 0.1) is 36.6 Å². The van der Waals surface area contributed by atoms with Gasteiger partial charge in [-0.25, -0.2) is 9.67 Å². The minimum absolute atomic E-state index is 0.0267. The molecule has 0 saturated heterocycles. The molecule has 1 atom stereocenters. The number of imidazole rings is 1. The largest absolute Gasteiger partial charge is 0.494 e. The van der Waals surface area contributed by atoms with Crippen molar-refractivity contribution in [2.24, 2.45) is 7.05 Å². The van der Waals surface area contributed by atoms with Crippen LogP contribution in [-0.2, 0) is 13.6 Å². The topological polar surface area (TPSA) is 64.2 Å². The average molecular weight is 518 g/mol. The fourth-order valence-corrected chi connectivity index (χ4v) is 5.86. The van der Waals surface area contributed by atoms with Gasteiger partial charge in [0.2, 0.25) is 0 Å². The molecule has 0 amide bonds. The predicted octanol–water partition coefficient (Wildman–Crippen LogP) is 5.24. The number of rotatable bonds is 5. The summed E-state index contributed by atoms with van der Waals surface area (Å²) < 4.78 is 9.97. The van der Waals surface area contributed by atoms with Crippen LogP contribution in [0.1, 0.15) is 55.1 Å². The summed E-state index contributed by atoms with van der Waals surface area (Å²) in [5.74, 6) is 1.80. The number of benzene rings is 2. The van der Waals surface area contributed by atoms with Crippen molar-refractivity contribution in [2.45, 2.75) is 38.9 Å². The van der Waals surface area contributed by atoms with E-state index in [9.17, 15) is 0 Å². The van der Waals surface area contributed by atoms with Crippen LogP contribution in [0.15, 0.2) is 42.5 Å². The number of likely N-dealkylation sites (N-methyl/N-ethyl adjacent to an activating group) is 1. The molecule has 4 aromatic rings. The standard InChI is InChI=1S/C28H32ClN7O/c1-17(2)36-27-22(30-28(36)19-7-6-12-33(3)15-19)16-35(26(27)18-8-10-20(29)11-9-18)21-13-23-25(24(14-21)37-5)31-32-34(23)4/h7-11,13-14,17,26H,6,12,15-16H2,1-5H3. The first-order valence-electron chi connectivity index (χ1n) is 12.7. The number of hydrogen-bond donors (Lipinski definition) is 0. The monoisotopic (exact) mass is 517 g/mol. The van der Waals surface area contributed by atoms with E-state index < -0.39 is 0 Å². The van der Waals surface area contributed by atoms with Crippen molar-refractivity contribution in [2.75, 3.05) is 32.1 Å². The molecule has 9 heteroatoms. The zero-order chi connectivity index (χ0) is 25.8. The van der Waals surface area contributed by atoms with E-state index in [0.717, 1.165) is 52.8 Å². The van der Waals surface area contributed by atoms with Crippen LogP contribution in [0, 0.1) is 0 Å². The highest BCUT2D eigenvalue weighted by Gasteiger charge is 2.39. The number of ether oxygens (including phenoxy) is 1. The number of anilines is 1. The van der Waals surface area contributed by atoms with Crippen LogP contribution < -0.4 is 9.64 Å². The molecule has 2 aliphatic heterocycles. The maximum Gasteiger partial charge on any atom is 0.155 e. The number of halogens is 1. The number of nitrogens with zero attached hydrogens (tertiary/aromatic N) is 7. The van der Waals surface area contributed by atoms with E-state index in [1.165, 1.54) is 16.8 Å². The highest BCUT2D eigenvalue weighted by atomic mass is 35.5. The van der Waals surface area contributed by atoms with Crippen LogP contribution in [0.3, 0.4) is 0 Å². The third-order valence-corrected chi connectivity index (χ3v) is 7.72. The minimum atomic E-state index is -0.0267. The molecule has 2 aliphatic rings. The Balaban J connectivity index is 1.54. The molecular formula is C28H32ClN7O. The zero-order valence-corrected chi connectivity index (χ0v) is 22.7. The smallest absolute Gasteiger partial charge is 0.155 e. The summed E-state index contributed by atoms with van der Waals surface area (Å²) in [6.45, 7) is 7.19. The quantitative estimate of drug-likeness (QED) is 0.361. The molecule has 6 rings (SSSR count). The van der Waals surface area contributed by atoms with Crippen LogP contribution >= 0.6 is 11.6 Å². The molecule has 0 spiro atoms. The van der Waals surface area contributed by atoms with Crippen molar-refractivity contribution >= 4 is 33.9 Å². The van der Waals surface area contributed by atoms with Gasteiger partial charge in [-0.2, -0.15) is 0 Å². The maximum absolute atomic E-state index is 6.31. The lowest BCUT2D eigenvalue weighted by atomic mass is 10.0. The van der Waals surface area contributed by atoms with E-state index >= 15 is 0 Å². The number of aromatic nitrogens is 5. The third kappa shape index (κ3) is 3.99. The molecule has 0 saturated carbocycles. The summed E-state index contributed by atoms with van der Waals surface area (Å²) in [5, 5.41) is 9.26. The molecule has 4 heterocycles. The zero-order valence-electron chi connectivity index (χ0n) is 21.9. The molecule has 0 aliphatic carbocycles. The highest BCUT2D eigenvalue weighted by Crippen LogP contribution is 2.45. The second kappa shape index (κ2) is 9.19. The van der Waals surface area contributed by atoms with Crippen LogP contribution in [-0.4, -0.2) is 56.7 Å². The fraction of sp³-hybridized carbons (Fsp3) is 0.393. The molecule has 0 N–H and O–H groups in total. The van der Waals surface area contributed by atoms with Gasteiger partial charge in [0.15, 0.2) is 11.3 Å². The van der Waals surface area contributed by atoms with Crippen LogP contribution in [0.2, 0.25) is 5.02 Å². The lowest BCUT2D eigenvalue weighted by Gasteiger charge is -2.31. The Hall–Kier alpha value is -3.36. The van der Waals surface area contributed by atoms with Crippen molar-refractivity contribution in [3.63, 3.8) is 0 Å². The summed E-state index contributed by atoms with van der Waals surface area (Å²) in [6, 6.07) is 12.6. The number of fused-ring (bicyclic) bond motifs is 2. The van der Waals surface area contributed by atoms with Gasteiger partial charge in [0.25, 0.3) is 0 Å². The molecule has 0 bridgehead atoms. The van der Waals surface area contributed by atoms with Gasteiger partial charge in [-0.1, -0.05) is 35.0 Å². The van der Waals surface area contributed by atoms with Gasteiger partial charge in [-0.3, -0.25) is 0 Å². The summed E-state index contributed by atoms with van der Waals surface area (Å²) in [6.07, 6.45) is 3.41. The second-order valence-electron chi connectivity index (χ2n) is 10.3. The van der Waals surface area contributed by atoms with Gasteiger partial charge in [0, 0.05) is 48.5 Å². The summed E-state index contributed by atoms with van der Waals surface area (Å²) in [4.78, 5) is 10.1. The SMILES string of the molecule is COc1cc(N2Cc3nc(C4=CCCN(C)C4)n(C(C)C)c3C2c2ccc(Cl)cc2)cc2c1nnn2C. The van der Waals surface area contributed by atoms with E-state index in [1.54, 1.807) is 11.8 Å². The summed E-state index contributed by atoms with van der Waals surface area (Å²) in [7, 11) is 5.76. The number of methoxy groups -OCH3 is 1.